The van der Waals surface area contributed by atoms with Crippen LogP contribution in [0.5, 0.6) is 0 Å². The van der Waals surface area contributed by atoms with E-state index in [4.69, 9.17) is 5.73 Å². The SMILES string of the molecule is CCN1CCN(CC(=O)N2CCC(N)C(C)(C)C2)C(=O)C1=O.Cl. The normalized spacial score (nSPS) is 24.5. The van der Waals surface area contributed by atoms with Gasteiger partial charge in [-0.05, 0) is 18.8 Å². The van der Waals surface area contributed by atoms with Crippen LogP contribution in [0, 0.1) is 5.41 Å². The van der Waals surface area contributed by atoms with Crippen molar-refractivity contribution in [2.45, 2.75) is 33.2 Å². The lowest BCUT2D eigenvalue weighted by atomic mass is 9.79. The quantitative estimate of drug-likeness (QED) is 0.710. The summed E-state index contributed by atoms with van der Waals surface area (Å²) in [5, 5.41) is 0. The van der Waals surface area contributed by atoms with Crippen LogP contribution in [0.2, 0.25) is 0 Å². The van der Waals surface area contributed by atoms with Gasteiger partial charge in [-0.15, -0.1) is 12.4 Å². The first-order valence-corrected chi connectivity index (χ1v) is 7.88. The summed E-state index contributed by atoms with van der Waals surface area (Å²) in [6.07, 6.45) is 0.759. The number of piperazine rings is 1. The molecule has 0 aliphatic carbocycles. The predicted molar refractivity (Wildman–Crippen MR) is 89.0 cm³/mol. The highest BCUT2D eigenvalue weighted by molar-refractivity contribution is 6.35. The summed E-state index contributed by atoms with van der Waals surface area (Å²) in [6.45, 7) is 8.54. The largest absolute Gasteiger partial charge is 0.341 e. The lowest BCUT2D eigenvalue weighted by molar-refractivity contribution is -0.157. The summed E-state index contributed by atoms with van der Waals surface area (Å²) in [5.41, 5.74) is 5.95. The van der Waals surface area contributed by atoms with Gasteiger partial charge >= 0.3 is 11.8 Å². The van der Waals surface area contributed by atoms with E-state index in [0.717, 1.165) is 6.42 Å². The molecule has 2 fully saturated rings. The van der Waals surface area contributed by atoms with E-state index in [0.29, 0.717) is 32.7 Å². The molecular formula is C15H27ClN4O3. The second-order valence-electron chi connectivity index (χ2n) is 6.81. The Hall–Kier alpha value is -1.34. The van der Waals surface area contributed by atoms with E-state index in [1.54, 1.807) is 4.90 Å². The average molecular weight is 347 g/mol. The van der Waals surface area contributed by atoms with Crippen molar-refractivity contribution in [1.29, 1.82) is 0 Å². The van der Waals surface area contributed by atoms with Crippen LogP contribution in [0.15, 0.2) is 0 Å². The molecule has 132 valence electrons. The Bertz CT molecular complexity index is 483. The average Bonchev–Trinajstić information content (AvgIpc) is 2.47. The van der Waals surface area contributed by atoms with Crippen molar-refractivity contribution in [2.75, 3.05) is 39.3 Å². The second-order valence-corrected chi connectivity index (χ2v) is 6.81. The molecule has 0 aromatic carbocycles. The van der Waals surface area contributed by atoms with E-state index in [-0.39, 0.29) is 36.3 Å². The lowest BCUT2D eigenvalue weighted by Crippen LogP contribution is -2.59. The van der Waals surface area contributed by atoms with Crippen LogP contribution < -0.4 is 5.73 Å². The standard InChI is InChI=1S/C15H26N4O3.ClH/c1-4-17-7-8-18(14(22)13(17)21)9-12(20)19-6-5-11(16)15(2,3)10-19;/h11H,4-10,16H2,1-3H3;1H. The van der Waals surface area contributed by atoms with Gasteiger partial charge in [-0.3, -0.25) is 14.4 Å². The number of carbonyl (C=O) groups is 3. The number of nitrogens with zero attached hydrogens (tertiary/aromatic N) is 3. The van der Waals surface area contributed by atoms with Gasteiger partial charge in [-0.25, -0.2) is 0 Å². The van der Waals surface area contributed by atoms with Gasteiger partial charge in [0.25, 0.3) is 0 Å². The molecule has 2 saturated heterocycles. The fraction of sp³-hybridized carbons (Fsp3) is 0.800. The summed E-state index contributed by atoms with van der Waals surface area (Å²) in [4.78, 5) is 41.0. The van der Waals surface area contributed by atoms with Gasteiger partial charge in [-0.1, -0.05) is 13.8 Å². The van der Waals surface area contributed by atoms with Crippen molar-refractivity contribution in [3.05, 3.63) is 0 Å². The molecule has 3 amide bonds. The van der Waals surface area contributed by atoms with Crippen LogP contribution in [-0.4, -0.2) is 77.7 Å². The summed E-state index contributed by atoms with van der Waals surface area (Å²) in [5.74, 6) is -1.19. The molecule has 0 radical (unpaired) electrons. The molecule has 0 aromatic rings. The minimum atomic E-state index is -0.575. The highest BCUT2D eigenvalue weighted by Crippen LogP contribution is 2.27. The highest BCUT2D eigenvalue weighted by atomic mass is 35.5. The highest BCUT2D eigenvalue weighted by Gasteiger charge is 2.37. The number of hydrogen-bond donors (Lipinski definition) is 1. The summed E-state index contributed by atoms with van der Waals surface area (Å²) in [7, 11) is 0. The summed E-state index contributed by atoms with van der Waals surface area (Å²) >= 11 is 0. The monoisotopic (exact) mass is 346 g/mol. The van der Waals surface area contributed by atoms with Gasteiger partial charge in [0.05, 0.1) is 0 Å². The molecule has 1 unspecified atom stereocenters. The molecule has 0 saturated carbocycles. The van der Waals surface area contributed by atoms with E-state index in [1.165, 1.54) is 9.80 Å². The molecule has 23 heavy (non-hydrogen) atoms. The zero-order valence-corrected chi connectivity index (χ0v) is 14.9. The topological polar surface area (TPSA) is 86.9 Å². The number of likely N-dealkylation sites (N-methyl/N-ethyl adjacent to an activating group) is 1. The minimum Gasteiger partial charge on any atom is -0.341 e. The third-order valence-electron chi connectivity index (χ3n) is 4.77. The van der Waals surface area contributed by atoms with E-state index in [2.05, 4.69) is 0 Å². The van der Waals surface area contributed by atoms with E-state index in [9.17, 15) is 14.4 Å². The van der Waals surface area contributed by atoms with Crippen LogP contribution in [0.25, 0.3) is 0 Å². The number of amides is 3. The Labute approximate surface area is 143 Å². The first-order chi connectivity index (χ1) is 10.3. The van der Waals surface area contributed by atoms with Crippen molar-refractivity contribution < 1.29 is 14.4 Å². The Morgan fingerprint density at radius 1 is 1.17 bits per heavy atom. The fourth-order valence-corrected chi connectivity index (χ4v) is 3.02. The molecule has 0 aromatic heterocycles. The number of likely N-dealkylation sites (tertiary alicyclic amines) is 1. The fourth-order valence-electron chi connectivity index (χ4n) is 3.02. The molecule has 0 spiro atoms. The van der Waals surface area contributed by atoms with Crippen molar-refractivity contribution in [1.82, 2.24) is 14.7 Å². The minimum absolute atomic E-state index is 0. The third-order valence-corrected chi connectivity index (χ3v) is 4.77. The van der Waals surface area contributed by atoms with Crippen LogP contribution in [-0.2, 0) is 14.4 Å². The van der Waals surface area contributed by atoms with Gasteiger partial charge in [0.15, 0.2) is 0 Å². The molecule has 7 nitrogen and oxygen atoms in total. The smallest absolute Gasteiger partial charge is 0.312 e. The Morgan fingerprint density at radius 2 is 1.74 bits per heavy atom. The molecule has 2 rings (SSSR count). The molecule has 0 bridgehead atoms. The van der Waals surface area contributed by atoms with Crippen molar-refractivity contribution in [2.24, 2.45) is 11.1 Å². The van der Waals surface area contributed by atoms with E-state index >= 15 is 0 Å². The van der Waals surface area contributed by atoms with Crippen LogP contribution >= 0.6 is 12.4 Å². The summed E-state index contributed by atoms with van der Waals surface area (Å²) in [6, 6.07) is 0.0767. The van der Waals surface area contributed by atoms with Gasteiger partial charge in [0, 0.05) is 38.8 Å². The number of carbonyl (C=O) groups excluding carboxylic acids is 3. The van der Waals surface area contributed by atoms with Crippen molar-refractivity contribution >= 4 is 30.1 Å². The maximum atomic E-state index is 12.4. The Morgan fingerprint density at radius 3 is 2.30 bits per heavy atom. The van der Waals surface area contributed by atoms with Crippen LogP contribution in [0.1, 0.15) is 27.2 Å². The molecule has 1 atom stereocenters. The van der Waals surface area contributed by atoms with Crippen LogP contribution in [0.4, 0.5) is 0 Å². The predicted octanol–water partition coefficient (Wildman–Crippen LogP) is -0.315. The van der Waals surface area contributed by atoms with Crippen molar-refractivity contribution in [3.8, 4) is 0 Å². The van der Waals surface area contributed by atoms with Gasteiger partial charge < -0.3 is 20.4 Å². The molecule has 2 heterocycles. The second kappa shape index (κ2) is 7.49. The first-order valence-electron chi connectivity index (χ1n) is 7.88. The lowest BCUT2D eigenvalue weighted by Gasteiger charge is -2.43. The van der Waals surface area contributed by atoms with Gasteiger partial charge in [0.2, 0.25) is 5.91 Å². The van der Waals surface area contributed by atoms with Crippen LogP contribution in [0.3, 0.4) is 0 Å². The first kappa shape index (κ1) is 19.7. The number of piperidine rings is 1. The molecule has 8 heteroatoms. The molecule has 2 N–H and O–H groups in total. The molecule has 2 aliphatic rings. The van der Waals surface area contributed by atoms with Gasteiger partial charge in [0.1, 0.15) is 6.54 Å². The molecular weight excluding hydrogens is 320 g/mol. The van der Waals surface area contributed by atoms with E-state index < -0.39 is 11.8 Å². The zero-order chi connectivity index (χ0) is 16.5. The number of halogens is 1. The molecule has 2 aliphatic heterocycles. The van der Waals surface area contributed by atoms with Gasteiger partial charge in [-0.2, -0.15) is 0 Å². The Balaban J connectivity index is 0.00000264. The number of nitrogens with two attached hydrogens (primary N) is 1. The number of hydrogen-bond acceptors (Lipinski definition) is 4. The maximum Gasteiger partial charge on any atom is 0.312 e. The Kier molecular flexibility index (Phi) is 6.41. The van der Waals surface area contributed by atoms with E-state index in [1.807, 2.05) is 20.8 Å². The van der Waals surface area contributed by atoms with Crippen molar-refractivity contribution in [3.63, 3.8) is 0 Å². The third kappa shape index (κ3) is 4.14. The number of rotatable bonds is 3. The zero-order valence-electron chi connectivity index (χ0n) is 14.1. The maximum absolute atomic E-state index is 12.4. The summed E-state index contributed by atoms with van der Waals surface area (Å²) < 4.78 is 0.